The summed E-state index contributed by atoms with van der Waals surface area (Å²) in [5.74, 6) is -0.363. The van der Waals surface area contributed by atoms with Crippen LogP contribution in [0.15, 0.2) is 0 Å². The lowest BCUT2D eigenvalue weighted by molar-refractivity contribution is -0.144. The summed E-state index contributed by atoms with van der Waals surface area (Å²) in [5.41, 5.74) is 4.84. The molecular formula is C8H16N2O4. The van der Waals surface area contributed by atoms with E-state index in [4.69, 9.17) is 10.5 Å². The van der Waals surface area contributed by atoms with Gasteiger partial charge in [0.25, 0.3) is 5.91 Å². The Kier molecular flexibility index (Phi) is 4.93. The second-order valence-electron chi connectivity index (χ2n) is 3.03. The summed E-state index contributed by atoms with van der Waals surface area (Å²) >= 11 is 0. The molecule has 0 rings (SSSR count). The van der Waals surface area contributed by atoms with E-state index >= 15 is 0 Å². The Morgan fingerprint density at radius 2 is 1.86 bits per heavy atom. The van der Waals surface area contributed by atoms with Gasteiger partial charge in [0.15, 0.2) is 0 Å². The molecule has 0 spiro atoms. The molecule has 0 heterocycles. The molecule has 0 aliphatic heterocycles. The number of amides is 2. The molecule has 2 atom stereocenters. The van der Waals surface area contributed by atoms with Crippen molar-refractivity contribution in [3.8, 4) is 0 Å². The number of carbonyl (C=O) groups is 2. The molecule has 0 saturated carbocycles. The first-order chi connectivity index (χ1) is 6.40. The van der Waals surface area contributed by atoms with Gasteiger partial charge < -0.3 is 20.1 Å². The third kappa shape index (κ3) is 3.61. The van der Waals surface area contributed by atoms with Gasteiger partial charge in [0.05, 0.1) is 0 Å². The third-order valence-electron chi connectivity index (χ3n) is 1.73. The first-order valence-corrected chi connectivity index (χ1v) is 4.10. The highest BCUT2D eigenvalue weighted by Crippen LogP contribution is 2.05. The van der Waals surface area contributed by atoms with Gasteiger partial charge in [-0.1, -0.05) is 0 Å². The zero-order valence-corrected chi connectivity index (χ0v) is 8.81. The van der Waals surface area contributed by atoms with Gasteiger partial charge in [-0.15, -0.1) is 0 Å². The number of hydrogen-bond acceptors (Lipinski definition) is 4. The van der Waals surface area contributed by atoms with Gasteiger partial charge in [0.1, 0.15) is 6.10 Å². The molecule has 0 radical (unpaired) electrons. The zero-order chi connectivity index (χ0) is 11.3. The van der Waals surface area contributed by atoms with Gasteiger partial charge in [-0.25, -0.2) is 4.79 Å². The molecule has 0 fully saturated rings. The Balaban J connectivity index is 4.54. The highest BCUT2D eigenvalue weighted by atomic mass is 16.6. The summed E-state index contributed by atoms with van der Waals surface area (Å²) in [4.78, 5) is 23.3. The van der Waals surface area contributed by atoms with Gasteiger partial charge in [-0.3, -0.25) is 4.79 Å². The molecule has 82 valence electrons. The molecule has 6 nitrogen and oxygen atoms in total. The molecule has 0 saturated heterocycles. The minimum Gasteiger partial charge on any atom is -0.433 e. The number of primary amides is 1. The van der Waals surface area contributed by atoms with Crippen LogP contribution in [0.2, 0.25) is 0 Å². The van der Waals surface area contributed by atoms with E-state index < -0.39 is 18.3 Å². The molecule has 0 bridgehead atoms. The van der Waals surface area contributed by atoms with Crippen LogP contribution in [0.3, 0.4) is 0 Å². The predicted octanol–water partition coefficient (Wildman–Crippen LogP) is -0.427. The zero-order valence-electron chi connectivity index (χ0n) is 8.81. The Morgan fingerprint density at radius 1 is 1.36 bits per heavy atom. The van der Waals surface area contributed by atoms with E-state index in [1.807, 2.05) is 0 Å². The fraction of sp³-hybridized carbons (Fsp3) is 0.750. The molecule has 14 heavy (non-hydrogen) atoms. The van der Waals surface area contributed by atoms with Crippen LogP contribution in [0.5, 0.6) is 0 Å². The lowest BCUT2D eigenvalue weighted by Crippen LogP contribution is -2.45. The number of carbonyl (C=O) groups excluding carboxylic acids is 2. The second kappa shape index (κ2) is 5.43. The Bertz CT molecular complexity index is 217. The average molecular weight is 204 g/mol. The van der Waals surface area contributed by atoms with E-state index in [2.05, 4.69) is 4.74 Å². The quantitative estimate of drug-likeness (QED) is 0.673. The van der Waals surface area contributed by atoms with Crippen LogP contribution in [-0.2, 0) is 14.3 Å². The SMILES string of the molecule is CO[C@H](C)[C@@H](OC(N)=O)C(=O)N(C)C. The van der Waals surface area contributed by atoms with Gasteiger partial charge in [-0.2, -0.15) is 0 Å². The van der Waals surface area contributed by atoms with Gasteiger partial charge in [0.2, 0.25) is 6.10 Å². The van der Waals surface area contributed by atoms with E-state index in [9.17, 15) is 9.59 Å². The van der Waals surface area contributed by atoms with Crippen molar-refractivity contribution in [1.82, 2.24) is 4.90 Å². The monoisotopic (exact) mass is 204 g/mol. The number of nitrogens with zero attached hydrogens (tertiary/aromatic N) is 1. The first kappa shape index (κ1) is 12.7. The Labute approximate surface area is 82.9 Å². The van der Waals surface area contributed by atoms with Crippen LogP contribution in [0.4, 0.5) is 4.79 Å². The summed E-state index contributed by atoms with van der Waals surface area (Å²) in [5, 5.41) is 0. The summed E-state index contributed by atoms with van der Waals surface area (Å²) in [6.45, 7) is 1.62. The van der Waals surface area contributed by atoms with Crippen molar-refractivity contribution >= 4 is 12.0 Å². The molecule has 0 aliphatic carbocycles. The van der Waals surface area contributed by atoms with E-state index in [0.29, 0.717) is 0 Å². The highest BCUT2D eigenvalue weighted by Gasteiger charge is 2.29. The second-order valence-corrected chi connectivity index (χ2v) is 3.03. The van der Waals surface area contributed by atoms with Crippen molar-refractivity contribution in [2.75, 3.05) is 21.2 Å². The molecule has 0 aromatic carbocycles. The number of likely N-dealkylation sites (N-methyl/N-ethyl adjacent to an activating group) is 1. The highest BCUT2D eigenvalue weighted by molar-refractivity contribution is 5.83. The van der Waals surface area contributed by atoms with Crippen molar-refractivity contribution in [1.29, 1.82) is 0 Å². The maximum Gasteiger partial charge on any atom is 0.405 e. The topological polar surface area (TPSA) is 81.9 Å². The van der Waals surface area contributed by atoms with Crippen LogP contribution in [0.25, 0.3) is 0 Å². The van der Waals surface area contributed by atoms with Crippen LogP contribution < -0.4 is 5.73 Å². The summed E-state index contributed by atoms with van der Waals surface area (Å²) in [6, 6.07) is 0. The average Bonchev–Trinajstić information content (AvgIpc) is 2.11. The number of hydrogen-bond donors (Lipinski definition) is 1. The molecule has 6 heteroatoms. The lowest BCUT2D eigenvalue weighted by Gasteiger charge is -2.23. The minimum atomic E-state index is -0.993. The lowest BCUT2D eigenvalue weighted by atomic mass is 10.2. The van der Waals surface area contributed by atoms with E-state index in [0.717, 1.165) is 0 Å². The Hall–Kier alpha value is -1.30. The van der Waals surface area contributed by atoms with E-state index in [1.165, 1.54) is 12.0 Å². The molecule has 0 unspecified atom stereocenters. The number of ether oxygens (including phenoxy) is 2. The van der Waals surface area contributed by atoms with Crippen molar-refractivity contribution in [3.63, 3.8) is 0 Å². The van der Waals surface area contributed by atoms with Crippen molar-refractivity contribution in [3.05, 3.63) is 0 Å². The maximum absolute atomic E-state index is 11.5. The fourth-order valence-electron chi connectivity index (χ4n) is 0.850. The first-order valence-electron chi connectivity index (χ1n) is 4.10. The normalized spacial score (nSPS) is 14.3. The Morgan fingerprint density at radius 3 is 2.14 bits per heavy atom. The molecule has 0 aliphatic rings. The summed E-state index contributed by atoms with van der Waals surface area (Å²) < 4.78 is 9.55. The number of nitrogens with two attached hydrogens (primary N) is 1. The summed E-state index contributed by atoms with van der Waals surface area (Å²) in [7, 11) is 4.54. The van der Waals surface area contributed by atoms with Gasteiger partial charge >= 0.3 is 6.09 Å². The molecule has 2 N–H and O–H groups in total. The van der Waals surface area contributed by atoms with Crippen molar-refractivity contribution in [2.45, 2.75) is 19.1 Å². The number of methoxy groups -OCH3 is 1. The smallest absolute Gasteiger partial charge is 0.405 e. The summed E-state index contributed by atoms with van der Waals surface area (Å²) in [6.07, 6.45) is -2.51. The van der Waals surface area contributed by atoms with Crippen LogP contribution in [0, 0.1) is 0 Å². The fourth-order valence-corrected chi connectivity index (χ4v) is 0.850. The minimum absolute atomic E-state index is 0.363. The van der Waals surface area contributed by atoms with Crippen molar-refractivity contribution in [2.24, 2.45) is 5.73 Å². The predicted molar refractivity (Wildman–Crippen MR) is 49.6 cm³/mol. The third-order valence-corrected chi connectivity index (χ3v) is 1.73. The van der Waals surface area contributed by atoms with Crippen LogP contribution in [0.1, 0.15) is 6.92 Å². The standard InChI is InChI=1S/C8H16N2O4/c1-5(13-4)6(14-8(9)12)7(11)10(2)3/h5-6H,1-4H3,(H2,9,12)/t5-,6-/m1/s1. The van der Waals surface area contributed by atoms with E-state index in [-0.39, 0.29) is 5.91 Å². The van der Waals surface area contributed by atoms with Gasteiger partial charge in [0, 0.05) is 21.2 Å². The molecule has 2 amide bonds. The van der Waals surface area contributed by atoms with Crippen LogP contribution >= 0.6 is 0 Å². The van der Waals surface area contributed by atoms with Crippen LogP contribution in [-0.4, -0.2) is 50.3 Å². The molecule has 0 aromatic heterocycles. The number of rotatable bonds is 4. The molecular weight excluding hydrogens is 188 g/mol. The molecule has 0 aromatic rings. The largest absolute Gasteiger partial charge is 0.433 e. The van der Waals surface area contributed by atoms with Crippen molar-refractivity contribution < 1.29 is 19.1 Å². The van der Waals surface area contributed by atoms with E-state index in [1.54, 1.807) is 21.0 Å². The maximum atomic E-state index is 11.5. The van der Waals surface area contributed by atoms with Gasteiger partial charge in [-0.05, 0) is 6.92 Å².